The van der Waals surface area contributed by atoms with Gasteiger partial charge in [0.2, 0.25) is 5.95 Å². The third kappa shape index (κ3) is 5.76. The normalized spacial score (nSPS) is 11.0. The maximum absolute atomic E-state index is 12.5. The van der Waals surface area contributed by atoms with Crippen molar-refractivity contribution in [1.29, 1.82) is 5.26 Å². The van der Waals surface area contributed by atoms with Gasteiger partial charge in [0.1, 0.15) is 23.1 Å². The molecule has 3 aromatic carbocycles. The molecule has 0 aliphatic rings. The van der Waals surface area contributed by atoms with Crippen LogP contribution in [0.3, 0.4) is 0 Å². The molecule has 3 N–H and O–H groups in total. The Bertz CT molecular complexity index is 1760. The minimum absolute atomic E-state index is 0.0587. The summed E-state index contributed by atoms with van der Waals surface area (Å²) in [5, 5.41) is 14.5. The Morgan fingerprint density at radius 3 is 2.67 bits per heavy atom. The van der Waals surface area contributed by atoms with Gasteiger partial charge in [0.25, 0.3) is 5.56 Å². The standard InChI is InChI=1S/C28H23N7O3S/c1-37-20-9-10-22-23(13-20)32-28(31-22)39-16-19-12-17(8-11-24(19)38-2)15-30-35-27-33-25(18-6-4-3-5-7-18)21(14-29)26(36)34-27/h3-13,15H,16H2,1-2H3,(H,31,32)(H2,33,34,35,36). The molecule has 0 amide bonds. The molecule has 0 fully saturated rings. The summed E-state index contributed by atoms with van der Waals surface area (Å²) in [6.45, 7) is 0. The Kier molecular flexibility index (Phi) is 7.56. The highest BCUT2D eigenvalue weighted by atomic mass is 32.2. The first kappa shape index (κ1) is 25.6. The molecule has 5 rings (SSSR count). The third-order valence-electron chi connectivity index (χ3n) is 5.80. The van der Waals surface area contributed by atoms with Gasteiger partial charge >= 0.3 is 0 Å². The Morgan fingerprint density at radius 2 is 1.90 bits per heavy atom. The molecular formula is C28H23N7O3S. The lowest BCUT2D eigenvalue weighted by atomic mass is 10.1. The molecule has 39 heavy (non-hydrogen) atoms. The van der Waals surface area contributed by atoms with Gasteiger partial charge in [0.15, 0.2) is 5.16 Å². The number of H-pyrrole nitrogens is 2. The summed E-state index contributed by atoms with van der Waals surface area (Å²) < 4.78 is 10.8. The van der Waals surface area contributed by atoms with E-state index in [-0.39, 0.29) is 17.2 Å². The number of hydrazone groups is 1. The van der Waals surface area contributed by atoms with Gasteiger partial charge < -0.3 is 14.5 Å². The van der Waals surface area contributed by atoms with Gasteiger partial charge in [-0.25, -0.2) is 15.4 Å². The topological polar surface area (TPSA) is 141 Å². The number of methoxy groups -OCH3 is 2. The van der Waals surface area contributed by atoms with Crippen LogP contribution in [0.1, 0.15) is 16.7 Å². The number of benzene rings is 3. The number of nitrogens with zero attached hydrogens (tertiary/aromatic N) is 4. The zero-order valence-electron chi connectivity index (χ0n) is 21.1. The van der Waals surface area contributed by atoms with Gasteiger partial charge in [-0.05, 0) is 35.9 Å². The van der Waals surface area contributed by atoms with Gasteiger partial charge in [0.05, 0.1) is 37.2 Å². The number of hydrogen-bond donors (Lipinski definition) is 3. The molecule has 0 spiro atoms. The quantitative estimate of drug-likeness (QED) is 0.136. The van der Waals surface area contributed by atoms with Crippen molar-refractivity contribution in [2.24, 2.45) is 5.10 Å². The summed E-state index contributed by atoms with van der Waals surface area (Å²) in [6, 6.07) is 22.4. The number of anilines is 1. The fourth-order valence-electron chi connectivity index (χ4n) is 3.90. The van der Waals surface area contributed by atoms with Gasteiger partial charge in [-0.3, -0.25) is 9.78 Å². The van der Waals surface area contributed by atoms with E-state index in [9.17, 15) is 10.1 Å². The van der Waals surface area contributed by atoms with Crippen molar-refractivity contribution >= 4 is 35.0 Å². The van der Waals surface area contributed by atoms with Crippen LogP contribution in [0.4, 0.5) is 5.95 Å². The lowest BCUT2D eigenvalue weighted by Gasteiger charge is -2.09. The van der Waals surface area contributed by atoms with E-state index < -0.39 is 5.56 Å². The minimum Gasteiger partial charge on any atom is -0.497 e. The maximum Gasteiger partial charge on any atom is 0.270 e. The number of imidazole rings is 1. The number of nitriles is 1. The Labute approximate surface area is 227 Å². The molecule has 10 nitrogen and oxygen atoms in total. The Hall–Kier alpha value is -5.08. The first-order chi connectivity index (χ1) is 19.1. The zero-order valence-corrected chi connectivity index (χ0v) is 21.9. The van der Waals surface area contributed by atoms with Crippen LogP contribution in [-0.2, 0) is 5.75 Å². The molecule has 0 unspecified atom stereocenters. The number of aromatic amines is 2. The number of hydrogen-bond acceptors (Lipinski definition) is 9. The molecule has 0 aliphatic carbocycles. The van der Waals surface area contributed by atoms with E-state index in [2.05, 4.69) is 30.5 Å². The van der Waals surface area contributed by atoms with Crippen LogP contribution in [0.25, 0.3) is 22.3 Å². The van der Waals surface area contributed by atoms with E-state index in [1.165, 1.54) is 0 Å². The van der Waals surface area contributed by atoms with Crippen LogP contribution in [0.15, 0.2) is 81.8 Å². The van der Waals surface area contributed by atoms with E-state index in [0.29, 0.717) is 11.3 Å². The predicted octanol–water partition coefficient (Wildman–Crippen LogP) is 4.94. The molecule has 0 bridgehead atoms. The Morgan fingerprint density at radius 1 is 1.05 bits per heavy atom. The molecule has 11 heteroatoms. The van der Waals surface area contributed by atoms with Gasteiger partial charge in [-0.1, -0.05) is 42.1 Å². The average Bonchev–Trinajstić information content (AvgIpc) is 3.38. The highest BCUT2D eigenvalue weighted by Crippen LogP contribution is 2.29. The second-order valence-electron chi connectivity index (χ2n) is 8.27. The molecule has 194 valence electrons. The monoisotopic (exact) mass is 537 g/mol. The number of fused-ring (bicyclic) bond motifs is 1. The summed E-state index contributed by atoms with van der Waals surface area (Å²) in [5.41, 5.74) is 6.64. The van der Waals surface area contributed by atoms with Crippen molar-refractivity contribution < 1.29 is 9.47 Å². The number of aromatic nitrogens is 4. The molecular weight excluding hydrogens is 514 g/mol. The summed E-state index contributed by atoms with van der Waals surface area (Å²) >= 11 is 1.55. The van der Waals surface area contributed by atoms with E-state index in [4.69, 9.17) is 9.47 Å². The van der Waals surface area contributed by atoms with Gasteiger partial charge in [0, 0.05) is 22.9 Å². The lowest BCUT2D eigenvalue weighted by molar-refractivity contribution is 0.411. The minimum atomic E-state index is -0.545. The molecule has 0 radical (unpaired) electrons. The van der Waals surface area contributed by atoms with Gasteiger partial charge in [-0.15, -0.1) is 0 Å². The highest BCUT2D eigenvalue weighted by Gasteiger charge is 2.13. The molecule has 0 saturated carbocycles. The van der Waals surface area contributed by atoms with E-state index in [1.54, 1.807) is 44.3 Å². The average molecular weight is 538 g/mol. The van der Waals surface area contributed by atoms with Gasteiger partial charge in [-0.2, -0.15) is 10.4 Å². The molecule has 2 heterocycles. The summed E-state index contributed by atoms with van der Waals surface area (Å²) in [6.07, 6.45) is 1.61. The molecule has 0 saturated heterocycles. The van der Waals surface area contributed by atoms with E-state index in [0.717, 1.165) is 38.8 Å². The van der Waals surface area contributed by atoms with E-state index >= 15 is 0 Å². The molecule has 0 aliphatic heterocycles. The summed E-state index contributed by atoms with van der Waals surface area (Å²) in [4.78, 5) is 27.3. The Balaban J connectivity index is 1.32. The fourth-order valence-corrected chi connectivity index (χ4v) is 4.76. The van der Waals surface area contributed by atoms with Crippen LogP contribution in [-0.4, -0.2) is 40.4 Å². The SMILES string of the molecule is COc1ccc2nc(SCc3cc(C=NNc4nc(-c5ccccc5)c(C#N)c(=O)[nH]4)ccc3OC)[nH]c2c1. The van der Waals surface area contributed by atoms with Crippen molar-refractivity contribution in [3.8, 4) is 28.8 Å². The zero-order chi connectivity index (χ0) is 27.2. The molecule has 5 aromatic rings. The summed E-state index contributed by atoms with van der Waals surface area (Å²) in [7, 11) is 3.26. The third-order valence-corrected chi connectivity index (χ3v) is 6.72. The van der Waals surface area contributed by atoms with Crippen LogP contribution >= 0.6 is 11.8 Å². The number of rotatable bonds is 9. The van der Waals surface area contributed by atoms with E-state index in [1.807, 2.05) is 60.7 Å². The fraction of sp³-hybridized carbons (Fsp3) is 0.107. The second-order valence-corrected chi connectivity index (χ2v) is 9.24. The summed E-state index contributed by atoms with van der Waals surface area (Å²) in [5.74, 6) is 2.25. The first-order valence-corrected chi connectivity index (χ1v) is 12.8. The van der Waals surface area contributed by atoms with Crippen molar-refractivity contribution in [2.45, 2.75) is 10.9 Å². The molecule has 0 atom stereocenters. The number of thioether (sulfide) groups is 1. The van der Waals surface area contributed by atoms with Crippen LogP contribution in [0, 0.1) is 11.3 Å². The van der Waals surface area contributed by atoms with Crippen LogP contribution in [0.2, 0.25) is 0 Å². The largest absolute Gasteiger partial charge is 0.497 e. The molecule has 2 aromatic heterocycles. The van der Waals surface area contributed by atoms with Crippen molar-refractivity contribution in [1.82, 2.24) is 19.9 Å². The van der Waals surface area contributed by atoms with Crippen LogP contribution in [0.5, 0.6) is 11.5 Å². The maximum atomic E-state index is 12.5. The first-order valence-electron chi connectivity index (χ1n) is 11.8. The number of ether oxygens (including phenoxy) is 2. The lowest BCUT2D eigenvalue weighted by Crippen LogP contribution is -2.16. The van der Waals surface area contributed by atoms with Crippen LogP contribution < -0.4 is 20.5 Å². The van der Waals surface area contributed by atoms with Crippen molar-refractivity contribution in [3.05, 3.63) is 93.8 Å². The predicted molar refractivity (Wildman–Crippen MR) is 151 cm³/mol. The second kappa shape index (κ2) is 11.5. The van der Waals surface area contributed by atoms with Crippen molar-refractivity contribution in [2.75, 3.05) is 19.6 Å². The number of nitrogens with one attached hydrogen (secondary N) is 3. The highest BCUT2D eigenvalue weighted by molar-refractivity contribution is 7.98. The van der Waals surface area contributed by atoms with Crippen molar-refractivity contribution in [3.63, 3.8) is 0 Å². The smallest absolute Gasteiger partial charge is 0.270 e.